The van der Waals surface area contributed by atoms with Gasteiger partial charge in [0.05, 0.1) is 4.90 Å². The van der Waals surface area contributed by atoms with Gasteiger partial charge in [-0.25, -0.2) is 26.3 Å². The Hall–Kier alpha value is -2.96. The fourth-order valence-corrected chi connectivity index (χ4v) is 4.12. The molecule has 0 unspecified atom stereocenters. The van der Waals surface area contributed by atoms with Gasteiger partial charge in [-0.2, -0.15) is 0 Å². The van der Waals surface area contributed by atoms with Crippen LogP contribution in [0.15, 0.2) is 47.4 Å². The monoisotopic (exact) mass is 487 g/mol. The summed E-state index contributed by atoms with van der Waals surface area (Å²) in [6.45, 7) is -0.275. The van der Waals surface area contributed by atoms with Crippen LogP contribution >= 0.6 is 0 Å². The number of hydrogen-bond acceptors (Lipinski definition) is 5. The molecule has 0 aliphatic heterocycles. The molecule has 0 aliphatic rings. The van der Waals surface area contributed by atoms with Gasteiger partial charge in [-0.1, -0.05) is 18.2 Å². The molecule has 1 amide bonds. The Morgan fingerprint density at radius 2 is 1.67 bits per heavy atom. The van der Waals surface area contributed by atoms with Gasteiger partial charge in [0, 0.05) is 37.5 Å². The van der Waals surface area contributed by atoms with Gasteiger partial charge in [0.15, 0.2) is 11.6 Å². The first-order valence-electron chi connectivity index (χ1n) is 9.92. The molecule has 5 N–H and O–H groups in total. The van der Waals surface area contributed by atoms with Crippen LogP contribution in [0.3, 0.4) is 0 Å². The molecule has 0 bridgehead atoms. The van der Waals surface area contributed by atoms with E-state index in [1.165, 1.54) is 24.3 Å². The first-order valence-corrected chi connectivity index (χ1v) is 11.4. The van der Waals surface area contributed by atoms with Gasteiger partial charge in [0.2, 0.25) is 15.9 Å². The second kappa shape index (κ2) is 11.8. The summed E-state index contributed by atoms with van der Waals surface area (Å²) in [7, 11) is -3.89. The summed E-state index contributed by atoms with van der Waals surface area (Å²) in [6, 6.07) is 6.71. The largest absolute Gasteiger partial charge is 0.481 e. The average Bonchev–Trinajstić information content (AvgIpc) is 2.74. The molecule has 0 spiro atoms. The van der Waals surface area contributed by atoms with E-state index < -0.39 is 51.4 Å². The minimum Gasteiger partial charge on any atom is -0.481 e. The highest BCUT2D eigenvalue weighted by molar-refractivity contribution is 7.89. The average molecular weight is 488 g/mol. The van der Waals surface area contributed by atoms with E-state index in [1.807, 2.05) is 0 Å². The first-order chi connectivity index (χ1) is 15.5. The molecule has 0 aromatic heterocycles. The van der Waals surface area contributed by atoms with Crippen LogP contribution in [-0.2, 0) is 26.0 Å². The molecule has 2 rings (SSSR count). The van der Waals surface area contributed by atoms with E-state index in [9.17, 15) is 31.2 Å². The smallest absolute Gasteiger partial charge is 0.303 e. The number of halogens is 3. The summed E-state index contributed by atoms with van der Waals surface area (Å²) in [5, 5.41) is 11.4. The number of benzene rings is 2. The van der Waals surface area contributed by atoms with Crippen molar-refractivity contribution in [2.75, 3.05) is 6.54 Å². The van der Waals surface area contributed by atoms with Crippen LogP contribution < -0.4 is 15.8 Å². The highest BCUT2D eigenvalue weighted by Crippen LogP contribution is 2.16. The fraction of sp³-hybridized carbons (Fsp3) is 0.333. The van der Waals surface area contributed by atoms with E-state index in [0.29, 0.717) is 12.1 Å². The Morgan fingerprint density at radius 1 is 1.03 bits per heavy atom. The minimum absolute atomic E-state index is 0.00360. The Morgan fingerprint density at radius 3 is 2.30 bits per heavy atom. The standard InChI is InChI=1S/C21H24F3N3O5S/c22-17-11-19(24)18(23)9-13(17)8-14(25)10-20(28)27-15(6-7-21(29)30)12-26-33(31,32)16-4-2-1-3-5-16/h1-5,9,11,14-15,26H,6-8,10,12,25H2,(H,27,28)(H,29,30)/t14-,15+/m1/s1. The number of carboxylic acids is 1. The first kappa shape index (κ1) is 26.3. The Balaban J connectivity index is 1.98. The molecule has 0 radical (unpaired) electrons. The number of nitrogens with one attached hydrogen (secondary N) is 2. The van der Waals surface area contributed by atoms with Gasteiger partial charge in [-0.15, -0.1) is 0 Å². The van der Waals surface area contributed by atoms with Crippen molar-refractivity contribution in [2.24, 2.45) is 5.73 Å². The van der Waals surface area contributed by atoms with Crippen LogP contribution in [0.25, 0.3) is 0 Å². The number of hydrogen-bond donors (Lipinski definition) is 4. The molecule has 2 aromatic rings. The van der Waals surface area contributed by atoms with Crippen LogP contribution in [0.2, 0.25) is 0 Å². The number of sulfonamides is 1. The zero-order valence-electron chi connectivity index (χ0n) is 17.4. The van der Waals surface area contributed by atoms with E-state index in [1.54, 1.807) is 6.07 Å². The van der Waals surface area contributed by atoms with Crippen molar-refractivity contribution in [3.63, 3.8) is 0 Å². The third-order valence-electron chi connectivity index (χ3n) is 4.66. The number of nitrogens with two attached hydrogens (primary N) is 1. The van der Waals surface area contributed by atoms with Gasteiger partial charge in [0.1, 0.15) is 5.82 Å². The molecular weight excluding hydrogens is 463 g/mol. The molecular formula is C21H24F3N3O5S. The maximum Gasteiger partial charge on any atom is 0.303 e. The molecule has 8 nitrogen and oxygen atoms in total. The summed E-state index contributed by atoms with van der Waals surface area (Å²) in [4.78, 5) is 23.3. The summed E-state index contributed by atoms with van der Waals surface area (Å²) < 4.78 is 67.2. The van der Waals surface area contributed by atoms with Crippen molar-refractivity contribution < 1.29 is 36.3 Å². The fourth-order valence-electron chi connectivity index (χ4n) is 3.02. The number of aliphatic carboxylic acids is 1. The lowest BCUT2D eigenvalue weighted by atomic mass is 10.0. The highest BCUT2D eigenvalue weighted by atomic mass is 32.2. The SMILES string of the molecule is N[C@@H](CC(=O)N[C@@H](CCC(=O)O)CNS(=O)(=O)c1ccccc1)Cc1cc(F)c(F)cc1F. The summed E-state index contributed by atoms with van der Waals surface area (Å²) in [5.41, 5.74) is 5.63. The minimum atomic E-state index is -3.89. The molecule has 0 saturated heterocycles. The molecule has 2 aromatic carbocycles. The van der Waals surface area contributed by atoms with E-state index >= 15 is 0 Å². The molecule has 12 heteroatoms. The molecule has 33 heavy (non-hydrogen) atoms. The molecule has 0 fully saturated rings. The van der Waals surface area contributed by atoms with E-state index in [-0.39, 0.29) is 42.7 Å². The normalized spacial score (nSPS) is 13.3. The Bertz CT molecular complexity index is 1080. The van der Waals surface area contributed by atoms with Crippen LogP contribution in [0, 0.1) is 17.5 Å². The maximum absolute atomic E-state index is 13.8. The van der Waals surface area contributed by atoms with E-state index in [2.05, 4.69) is 10.0 Å². The maximum atomic E-state index is 13.8. The van der Waals surface area contributed by atoms with Gasteiger partial charge >= 0.3 is 5.97 Å². The van der Waals surface area contributed by atoms with Crippen molar-refractivity contribution in [3.05, 3.63) is 65.5 Å². The second-order valence-electron chi connectivity index (χ2n) is 7.39. The van der Waals surface area contributed by atoms with Crippen molar-refractivity contribution in [1.82, 2.24) is 10.0 Å². The van der Waals surface area contributed by atoms with Gasteiger partial charge in [0.25, 0.3) is 0 Å². The van der Waals surface area contributed by atoms with Crippen molar-refractivity contribution in [1.29, 1.82) is 0 Å². The third kappa shape index (κ3) is 8.48. The van der Waals surface area contributed by atoms with Crippen LogP contribution in [0.4, 0.5) is 13.2 Å². The topological polar surface area (TPSA) is 139 Å². The number of carbonyl (C=O) groups is 2. The molecule has 0 saturated carbocycles. The Kier molecular flexibility index (Phi) is 9.38. The lowest BCUT2D eigenvalue weighted by Crippen LogP contribution is -2.45. The van der Waals surface area contributed by atoms with E-state index in [0.717, 1.165) is 0 Å². The van der Waals surface area contributed by atoms with Crippen molar-refractivity contribution in [3.8, 4) is 0 Å². The van der Waals surface area contributed by atoms with Crippen LogP contribution in [0.1, 0.15) is 24.8 Å². The Labute approximate surface area is 189 Å². The van der Waals surface area contributed by atoms with Gasteiger partial charge in [-0.3, -0.25) is 9.59 Å². The second-order valence-corrected chi connectivity index (χ2v) is 9.15. The van der Waals surface area contributed by atoms with Gasteiger partial charge < -0.3 is 16.2 Å². The third-order valence-corrected chi connectivity index (χ3v) is 6.10. The number of carbonyl (C=O) groups excluding carboxylic acids is 1. The zero-order valence-corrected chi connectivity index (χ0v) is 18.2. The zero-order chi connectivity index (χ0) is 24.6. The highest BCUT2D eigenvalue weighted by Gasteiger charge is 2.21. The summed E-state index contributed by atoms with van der Waals surface area (Å²) >= 11 is 0. The number of amides is 1. The molecule has 0 aliphatic carbocycles. The van der Waals surface area contributed by atoms with E-state index in [4.69, 9.17) is 10.8 Å². The van der Waals surface area contributed by atoms with Crippen molar-refractivity contribution in [2.45, 2.75) is 42.7 Å². The quantitative estimate of drug-likeness (QED) is 0.336. The predicted octanol–water partition coefficient (Wildman–Crippen LogP) is 1.69. The van der Waals surface area contributed by atoms with Crippen LogP contribution in [-0.4, -0.2) is 44.0 Å². The number of rotatable bonds is 12. The van der Waals surface area contributed by atoms with Gasteiger partial charge in [-0.05, 0) is 36.6 Å². The van der Waals surface area contributed by atoms with Crippen LogP contribution in [0.5, 0.6) is 0 Å². The predicted molar refractivity (Wildman–Crippen MR) is 113 cm³/mol. The summed E-state index contributed by atoms with van der Waals surface area (Å²) in [6.07, 6.45) is -0.986. The number of carboxylic acid groups (broad SMARTS) is 1. The van der Waals surface area contributed by atoms with Crippen molar-refractivity contribution >= 4 is 21.9 Å². The lowest BCUT2D eigenvalue weighted by molar-refractivity contribution is -0.137. The molecule has 0 heterocycles. The summed E-state index contributed by atoms with van der Waals surface area (Å²) in [5.74, 6) is -5.37. The lowest BCUT2D eigenvalue weighted by Gasteiger charge is -2.20. The molecule has 180 valence electrons. The molecule has 2 atom stereocenters.